The lowest BCUT2D eigenvalue weighted by molar-refractivity contribution is -0.247. The maximum atomic E-state index is 13.0. The van der Waals surface area contributed by atoms with Crippen LogP contribution in [0.4, 0.5) is 5.69 Å². The SMILES string of the molecule is CC[C@H]1OC(O)[C@H](NC(=O)/C(C#N)=C(\C)c2ccc(-c3ccc4cc(N5CCN(C)CC5)ccc4c3)o2)[C@@H](O)[C@@H]1O. The molecule has 5 rings (SSSR count). The fourth-order valence-electron chi connectivity index (χ4n) is 5.43. The van der Waals surface area contributed by atoms with E-state index < -0.39 is 36.6 Å². The Bertz CT molecular complexity index is 1490. The Kier molecular flexibility index (Phi) is 8.45. The van der Waals surface area contributed by atoms with Crippen molar-refractivity contribution in [2.24, 2.45) is 0 Å². The van der Waals surface area contributed by atoms with Gasteiger partial charge in [-0.25, -0.2) is 0 Å². The normalized spacial score (nSPS) is 26.0. The molecule has 3 aromatic rings. The summed E-state index contributed by atoms with van der Waals surface area (Å²) in [4.78, 5) is 17.7. The monoisotopic (exact) mass is 560 g/mol. The Morgan fingerprint density at radius 2 is 1.73 bits per heavy atom. The highest BCUT2D eigenvalue weighted by Crippen LogP contribution is 2.31. The Hall–Kier alpha value is -3.72. The second kappa shape index (κ2) is 12.0. The molecule has 1 amide bonds. The number of allylic oxidation sites excluding steroid dienone is 1. The maximum absolute atomic E-state index is 13.0. The van der Waals surface area contributed by atoms with Crippen molar-refractivity contribution in [2.75, 3.05) is 38.1 Å². The van der Waals surface area contributed by atoms with Crippen LogP contribution in [-0.2, 0) is 9.53 Å². The molecule has 2 aliphatic heterocycles. The van der Waals surface area contributed by atoms with E-state index in [-0.39, 0.29) is 5.57 Å². The molecule has 3 heterocycles. The summed E-state index contributed by atoms with van der Waals surface area (Å²) in [7, 11) is 2.14. The number of fused-ring (bicyclic) bond motifs is 1. The summed E-state index contributed by atoms with van der Waals surface area (Å²) in [6, 6.07) is 16.6. The molecule has 41 heavy (non-hydrogen) atoms. The van der Waals surface area contributed by atoms with Crippen molar-refractivity contribution in [3.63, 3.8) is 0 Å². The predicted octanol–water partition coefficient (Wildman–Crippen LogP) is 2.48. The third-order valence-corrected chi connectivity index (χ3v) is 8.09. The van der Waals surface area contributed by atoms with Crippen LogP contribution in [0.15, 0.2) is 58.5 Å². The molecule has 2 saturated heterocycles. The molecule has 0 saturated carbocycles. The van der Waals surface area contributed by atoms with Crippen molar-refractivity contribution in [1.82, 2.24) is 10.2 Å². The van der Waals surface area contributed by atoms with E-state index in [0.717, 1.165) is 42.5 Å². The lowest BCUT2D eigenvalue weighted by atomic mass is 9.95. The van der Waals surface area contributed by atoms with Crippen LogP contribution >= 0.6 is 0 Å². The van der Waals surface area contributed by atoms with E-state index in [0.29, 0.717) is 23.5 Å². The number of anilines is 1. The molecular weight excluding hydrogens is 524 g/mol. The molecule has 2 aromatic carbocycles. The number of furan rings is 1. The smallest absolute Gasteiger partial charge is 0.262 e. The number of hydrogen-bond acceptors (Lipinski definition) is 9. The Balaban J connectivity index is 1.33. The summed E-state index contributed by atoms with van der Waals surface area (Å²) >= 11 is 0. The van der Waals surface area contributed by atoms with Crippen molar-refractivity contribution in [2.45, 2.75) is 50.9 Å². The zero-order chi connectivity index (χ0) is 29.3. The average molecular weight is 561 g/mol. The first kappa shape index (κ1) is 28.8. The van der Waals surface area contributed by atoms with Crippen molar-refractivity contribution in [1.29, 1.82) is 5.26 Å². The molecular formula is C31H36N4O6. The number of benzene rings is 2. The largest absolute Gasteiger partial charge is 0.456 e. The van der Waals surface area contributed by atoms with E-state index in [2.05, 4.69) is 46.4 Å². The molecule has 0 radical (unpaired) electrons. The van der Waals surface area contributed by atoms with Gasteiger partial charge in [0.25, 0.3) is 5.91 Å². The van der Waals surface area contributed by atoms with Crippen LogP contribution in [0, 0.1) is 11.3 Å². The zero-order valence-corrected chi connectivity index (χ0v) is 23.4. The number of carbonyl (C=O) groups excluding carboxylic acids is 1. The van der Waals surface area contributed by atoms with Gasteiger partial charge in [0, 0.05) is 43.0 Å². The van der Waals surface area contributed by atoms with Crippen LogP contribution in [0.25, 0.3) is 27.7 Å². The van der Waals surface area contributed by atoms with E-state index in [1.165, 1.54) is 5.69 Å². The van der Waals surface area contributed by atoms with E-state index in [1.807, 2.05) is 18.2 Å². The summed E-state index contributed by atoms with van der Waals surface area (Å²) in [5.41, 5.74) is 2.12. The van der Waals surface area contributed by atoms with E-state index in [4.69, 9.17) is 9.15 Å². The van der Waals surface area contributed by atoms with Crippen LogP contribution in [0.2, 0.25) is 0 Å². The number of piperazine rings is 1. The van der Waals surface area contributed by atoms with Gasteiger partial charge in [0.1, 0.15) is 41.4 Å². The number of hydrogen-bond donors (Lipinski definition) is 4. The third kappa shape index (κ3) is 5.86. The van der Waals surface area contributed by atoms with Gasteiger partial charge in [0.05, 0.1) is 6.10 Å². The first-order valence-electron chi connectivity index (χ1n) is 13.9. The topological polar surface area (TPSA) is 142 Å². The Labute approximate surface area is 239 Å². The highest BCUT2D eigenvalue weighted by atomic mass is 16.6. The van der Waals surface area contributed by atoms with E-state index >= 15 is 0 Å². The number of nitrogens with zero attached hydrogens (tertiary/aromatic N) is 3. The zero-order valence-electron chi connectivity index (χ0n) is 23.4. The molecule has 0 aliphatic carbocycles. The number of carbonyl (C=O) groups is 1. The van der Waals surface area contributed by atoms with Gasteiger partial charge in [0.15, 0.2) is 6.29 Å². The lowest BCUT2D eigenvalue weighted by Gasteiger charge is -2.40. The third-order valence-electron chi connectivity index (χ3n) is 8.09. The molecule has 216 valence electrons. The molecule has 0 bridgehead atoms. The quantitative estimate of drug-likeness (QED) is 0.264. The minimum absolute atomic E-state index is 0.243. The van der Waals surface area contributed by atoms with Crippen molar-refractivity contribution in [3.8, 4) is 17.4 Å². The predicted molar refractivity (Wildman–Crippen MR) is 155 cm³/mol. The van der Waals surface area contributed by atoms with Crippen LogP contribution in [0.5, 0.6) is 0 Å². The van der Waals surface area contributed by atoms with Gasteiger partial charge in [-0.3, -0.25) is 4.79 Å². The minimum Gasteiger partial charge on any atom is -0.456 e. The molecule has 0 spiro atoms. The van der Waals surface area contributed by atoms with E-state index in [9.17, 15) is 25.4 Å². The van der Waals surface area contributed by atoms with Crippen LogP contribution in [0.3, 0.4) is 0 Å². The molecule has 1 unspecified atom stereocenters. The van der Waals surface area contributed by atoms with Crippen LogP contribution in [0.1, 0.15) is 26.0 Å². The fourth-order valence-corrected chi connectivity index (χ4v) is 5.43. The minimum atomic E-state index is -1.54. The van der Waals surface area contributed by atoms with Crippen LogP contribution in [-0.4, -0.2) is 90.0 Å². The molecule has 2 fully saturated rings. The summed E-state index contributed by atoms with van der Waals surface area (Å²) in [5.74, 6) is 0.102. The summed E-state index contributed by atoms with van der Waals surface area (Å²) in [5, 5.41) is 45.4. The number of ether oxygens (including phenoxy) is 1. The number of nitriles is 1. The number of aliphatic hydroxyl groups is 3. The van der Waals surface area contributed by atoms with Gasteiger partial charge < -0.3 is 39.6 Å². The summed E-state index contributed by atoms with van der Waals surface area (Å²) < 4.78 is 11.4. The molecule has 10 heteroatoms. The van der Waals surface area contributed by atoms with Gasteiger partial charge in [0.2, 0.25) is 0 Å². The first-order chi connectivity index (χ1) is 19.7. The lowest BCUT2D eigenvalue weighted by Crippen LogP contribution is -2.63. The number of amides is 1. The number of rotatable bonds is 6. The number of nitrogens with one attached hydrogen (secondary N) is 1. The molecule has 4 N–H and O–H groups in total. The second-order valence-corrected chi connectivity index (χ2v) is 10.8. The average Bonchev–Trinajstić information content (AvgIpc) is 3.48. The Morgan fingerprint density at radius 3 is 2.44 bits per heavy atom. The van der Waals surface area contributed by atoms with E-state index in [1.54, 1.807) is 26.0 Å². The summed E-state index contributed by atoms with van der Waals surface area (Å²) in [6.07, 6.45) is -4.69. The van der Waals surface area contributed by atoms with Crippen molar-refractivity contribution < 1.29 is 29.3 Å². The molecule has 5 atom stereocenters. The maximum Gasteiger partial charge on any atom is 0.262 e. The van der Waals surface area contributed by atoms with Gasteiger partial charge >= 0.3 is 0 Å². The highest BCUT2D eigenvalue weighted by molar-refractivity contribution is 6.04. The van der Waals surface area contributed by atoms with Gasteiger partial charge in [-0.2, -0.15) is 5.26 Å². The standard InChI is InChI=1S/C31H36N4O6/c1-4-24-28(36)29(37)27(31(39)41-24)33-30(38)23(17-32)18(2)25-9-10-26(40-25)21-6-5-20-16-22(8-7-19(20)15-21)35-13-11-34(3)12-14-35/h5-10,15-16,24,27-29,31,36-37,39H,4,11-14H2,1-3H3,(H,33,38)/b23-18+/t24-,27-,28-,29-,31?/m1/s1. The molecule has 1 aromatic heterocycles. The van der Waals surface area contributed by atoms with Crippen LogP contribution < -0.4 is 10.2 Å². The van der Waals surface area contributed by atoms with Gasteiger partial charge in [-0.15, -0.1) is 0 Å². The van der Waals surface area contributed by atoms with Crippen molar-refractivity contribution >= 4 is 27.9 Å². The second-order valence-electron chi connectivity index (χ2n) is 10.8. The highest BCUT2D eigenvalue weighted by Gasteiger charge is 2.44. The number of likely N-dealkylation sites (N-methyl/N-ethyl adjacent to an activating group) is 1. The number of aliphatic hydroxyl groups excluding tert-OH is 3. The molecule has 2 aliphatic rings. The molecule has 10 nitrogen and oxygen atoms in total. The van der Waals surface area contributed by atoms with Crippen molar-refractivity contribution in [3.05, 3.63) is 59.9 Å². The van der Waals surface area contributed by atoms with Gasteiger partial charge in [-0.05, 0) is 61.5 Å². The van der Waals surface area contributed by atoms with Gasteiger partial charge in [-0.1, -0.05) is 25.1 Å². The first-order valence-corrected chi connectivity index (χ1v) is 13.9. The summed E-state index contributed by atoms with van der Waals surface area (Å²) in [6.45, 7) is 7.42. The fraction of sp³-hybridized carbons (Fsp3) is 0.419. The Morgan fingerprint density at radius 1 is 1.02 bits per heavy atom.